The fourth-order valence-electron chi connectivity index (χ4n) is 2.56. The Morgan fingerprint density at radius 1 is 1.16 bits per heavy atom. The van der Waals surface area contributed by atoms with Crippen LogP contribution in [0.3, 0.4) is 0 Å². The predicted octanol–water partition coefficient (Wildman–Crippen LogP) is 2.99. The maximum atomic E-state index is 13.0. The van der Waals surface area contributed by atoms with Gasteiger partial charge in [-0.2, -0.15) is 0 Å². The van der Waals surface area contributed by atoms with Crippen molar-refractivity contribution in [2.24, 2.45) is 7.05 Å². The summed E-state index contributed by atoms with van der Waals surface area (Å²) in [5.74, 6) is -0.104. The molecule has 2 aromatic heterocycles. The van der Waals surface area contributed by atoms with Gasteiger partial charge in [-0.15, -0.1) is 11.3 Å². The molecular formula is C19H19N3O2S. The minimum Gasteiger partial charge on any atom is -0.329 e. The molecule has 6 heteroatoms. The van der Waals surface area contributed by atoms with E-state index in [0.717, 1.165) is 16.1 Å². The highest BCUT2D eigenvalue weighted by molar-refractivity contribution is 7.09. The number of aryl methyl sites for hydroxylation is 2. The first-order valence-electron chi connectivity index (χ1n) is 7.93. The smallest absolute Gasteiger partial charge is 0.255 e. The average molecular weight is 353 g/mol. The first kappa shape index (κ1) is 17.1. The molecule has 0 unspecified atom stereocenters. The minimum atomic E-state index is -0.135. The zero-order chi connectivity index (χ0) is 17.8. The summed E-state index contributed by atoms with van der Waals surface area (Å²) in [6.07, 6.45) is 1.59. The van der Waals surface area contributed by atoms with Crippen molar-refractivity contribution < 1.29 is 4.79 Å². The van der Waals surface area contributed by atoms with Crippen LogP contribution in [0.5, 0.6) is 0 Å². The van der Waals surface area contributed by atoms with Crippen LogP contribution in [0, 0.1) is 6.92 Å². The Morgan fingerprint density at radius 3 is 2.56 bits per heavy atom. The summed E-state index contributed by atoms with van der Waals surface area (Å²) in [7, 11) is 1.65. The number of amides is 1. The summed E-state index contributed by atoms with van der Waals surface area (Å²) in [4.78, 5) is 31.8. The number of pyridine rings is 1. The third kappa shape index (κ3) is 4.03. The van der Waals surface area contributed by atoms with Gasteiger partial charge in [0.1, 0.15) is 0 Å². The molecule has 0 aliphatic carbocycles. The summed E-state index contributed by atoms with van der Waals surface area (Å²) in [6.45, 7) is 2.94. The molecular weight excluding hydrogens is 334 g/mol. The Hall–Kier alpha value is -2.73. The molecule has 128 valence electrons. The average Bonchev–Trinajstić information content (AvgIpc) is 3.02. The fourth-order valence-corrected chi connectivity index (χ4v) is 3.35. The molecule has 3 rings (SSSR count). The molecule has 0 spiro atoms. The number of rotatable bonds is 5. The standard InChI is InChI=1S/C19H19N3O2S/c1-14-17(25-13-20-14)12-22(10-15-6-4-3-5-7-15)19(24)16-8-9-18(23)21(2)11-16/h3-9,11,13H,10,12H2,1-2H3. The molecule has 0 N–H and O–H groups in total. The number of carbonyl (C=O) groups is 1. The van der Waals surface area contributed by atoms with Crippen molar-refractivity contribution in [1.82, 2.24) is 14.5 Å². The lowest BCUT2D eigenvalue weighted by atomic mass is 10.1. The van der Waals surface area contributed by atoms with Crippen LogP contribution in [0.4, 0.5) is 0 Å². The van der Waals surface area contributed by atoms with E-state index in [2.05, 4.69) is 4.98 Å². The summed E-state index contributed by atoms with van der Waals surface area (Å²) >= 11 is 1.55. The molecule has 2 heterocycles. The number of aromatic nitrogens is 2. The SMILES string of the molecule is Cc1ncsc1CN(Cc1ccccc1)C(=O)c1ccc(=O)n(C)c1. The summed E-state index contributed by atoms with van der Waals surface area (Å²) in [6, 6.07) is 12.9. The van der Waals surface area contributed by atoms with Gasteiger partial charge in [0.2, 0.25) is 5.56 Å². The molecule has 0 fully saturated rings. The van der Waals surface area contributed by atoms with Gasteiger partial charge in [0.15, 0.2) is 0 Å². The molecule has 0 aliphatic rings. The van der Waals surface area contributed by atoms with Crippen molar-refractivity contribution in [2.75, 3.05) is 0 Å². The number of carbonyl (C=O) groups excluding carboxylic acids is 1. The van der Waals surface area contributed by atoms with Crippen molar-refractivity contribution >= 4 is 17.2 Å². The van der Waals surface area contributed by atoms with Crippen LogP contribution >= 0.6 is 11.3 Å². The number of nitrogens with zero attached hydrogens (tertiary/aromatic N) is 3. The van der Waals surface area contributed by atoms with Crippen molar-refractivity contribution in [3.8, 4) is 0 Å². The first-order chi connectivity index (χ1) is 12.0. The van der Waals surface area contributed by atoms with E-state index < -0.39 is 0 Å². The van der Waals surface area contributed by atoms with Gasteiger partial charge in [-0.1, -0.05) is 30.3 Å². The fraction of sp³-hybridized carbons (Fsp3) is 0.211. The summed E-state index contributed by atoms with van der Waals surface area (Å²) in [5.41, 5.74) is 4.16. The molecule has 25 heavy (non-hydrogen) atoms. The van der Waals surface area contributed by atoms with Gasteiger partial charge in [0, 0.05) is 30.7 Å². The number of benzene rings is 1. The van der Waals surface area contributed by atoms with E-state index >= 15 is 0 Å². The Labute approximate surface area is 150 Å². The summed E-state index contributed by atoms with van der Waals surface area (Å²) in [5, 5.41) is 0. The van der Waals surface area contributed by atoms with Crippen LogP contribution in [-0.4, -0.2) is 20.4 Å². The minimum absolute atomic E-state index is 0.104. The maximum absolute atomic E-state index is 13.0. The normalized spacial score (nSPS) is 10.6. The zero-order valence-corrected chi connectivity index (χ0v) is 15.0. The van der Waals surface area contributed by atoms with Gasteiger partial charge >= 0.3 is 0 Å². The van der Waals surface area contributed by atoms with Gasteiger partial charge in [0.05, 0.1) is 23.3 Å². The van der Waals surface area contributed by atoms with Crippen molar-refractivity contribution in [3.63, 3.8) is 0 Å². The lowest BCUT2D eigenvalue weighted by Crippen LogP contribution is -2.31. The summed E-state index contributed by atoms with van der Waals surface area (Å²) < 4.78 is 1.42. The topological polar surface area (TPSA) is 55.2 Å². The molecule has 3 aromatic rings. The Kier molecular flexibility index (Phi) is 5.09. The molecule has 0 atom stereocenters. The molecule has 5 nitrogen and oxygen atoms in total. The van der Waals surface area contributed by atoms with Gasteiger partial charge in [-0.05, 0) is 18.6 Å². The molecule has 0 saturated heterocycles. The van der Waals surface area contributed by atoms with Crippen molar-refractivity contribution in [1.29, 1.82) is 0 Å². The highest BCUT2D eigenvalue weighted by atomic mass is 32.1. The van der Waals surface area contributed by atoms with E-state index in [-0.39, 0.29) is 11.5 Å². The Balaban J connectivity index is 1.91. The van der Waals surface area contributed by atoms with Crippen LogP contribution < -0.4 is 5.56 Å². The van der Waals surface area contributed by atoms with Crippen LogP contribution in [-0.2, 0) is 20.1 Å². The Bertz CT molecular complexity index is 931. The third-order valence-corrected chi connectivity index (χ3v) is 4.94. The molecule has 0 radical (unpaired) electrons. The van der Waals surface area contributed by atoms with Gasteiger partial charge < -0.3 is 9.47 Å². The monoisotopic (exact) mass is 353 g/mol. The molecule has 0 saturated carbocycles. The van der Waals surface area contributed by atoms with Gasteiger partial charge in [0.25, 0.3) is 5.91 Å². The molecule has 0 bridgehead atoms. The van der Waals surface area contributed by atoms with Crippen LogP contribution in [0.15, 0.2) is 59.0 Å². The lowest BCUT2D eigenvalue weighted by molar-refractivity contribution is 0.0730. The second-order valence-corrected chi connectivity index (χ2v) is 6.81. The third-order valence-electron chi connectivity index (χ3n) is 4.02. The number of hydrogen-bond acceptors (Lipinski definition) is 4. The number of thiazole rings is 1. The van der Waals surface area contributed by atoms with E-state index in [4.69, 9.17) is 0 Å². The van der Waals surface area contributed by atoms with E-state index in [1.54, 1.807) is 41.1 Å². The molecule has 1 aromatic carbocycles. The number of hydrogen-bond donors (Lipinski definition) is 0. The van der Waals surface area contributed by atoms with Crippen LogP contribution in [0.2, 0.25) is 0 Å². The second kappa shape index (κ2) is 7.44. The van der Waals surface area contributed by atoms with E-state index in [9.17, 15) is 9.59 Å². The van der Waals surface area contributed by atoms with Crippen molar-refractivity contribution in [3.05, 3.63) is 86.2 Å². The molecule has 0 aliphatic heterocycles. The van der Waals surface area contributed by atoms with Crippen molar-refractivity contribution in [2.45, 2.75) is 20.0 Å². The van der Waals surface area contributed by atoms with E-state index in [0.29, 0.717) is 18.7 Å². The largest absolute Gasteiger partial charge is 0.329 e. The van der Waals surface area contributed by atoms with Gasteiger partial charge in [-0.25, -0.2) is 4.98 Å². The van der Waals surface area contributed by atoms with E-state index in [1.807, 2.05) is 37.3 Å². The highest BCUT2D eigenvalue weighted by Gasteiger charge is 2.19. The molecule has 1 amide bonds. The zero-order valence-electron chi connectivity index (χ0n) is 14.2. The maximum Gasteiger partial charge on any atom is 0.255 e. The quantitative estimate of drug-likeness (QED) is 0.708. The van der Waals surface area contributed by atoms with Crippen LogP contribution in [0.25, 0.3) is 0 Å². The van der Waals surface area contributed by atoms with E-state index in [1.165, 1.54) is 10.6 Å². The highest BCUT2D eigenvalue weighted by Crippen LogP contribution is 2.19. The Morgan fingerprint density at radius 2 is 1.92 bits per heavy atom. The predicted molar refractivity (Wildman–Crippen MR) is 98.6 cm³/mol. The lowest BCUT2D eigenvalue weighted by Gasteiger charge is -2.23. The first-order valence-corrected chi connectivity index (χ1v) is 8.81. The van der Waals surface area contributed by atoms with Gasteiger partial charge in [-0.3, -0.25) is 9.59 Å². The van der Waals surface area contributed by atoms with Crippen LogP contribution in [0.1, 0.15) is 26.5 Å². The second-order valence-electron chi connectivity index (χ2n) is 5.87.